The fourth-order valence-electron chi connectivity index (χ4n) is 3.92. The molecule has 0 aromatic carbocycles. The largest absolute Gasteiger partial charge is 0.381 e. The van der Waals surface area contributed by atoms with Crippen LogP contribution >= 0.6 is 11.3 Å². The van der Waals surface area contributed by atoms with E-state index in [1.807, 2.05) is 27.8 Å². The summed E-state index contributed by atoms with van der Waals surface area (Å²) in [4.78, 5) is 33.6. The van der Waals surface area contributed by atoms with E-state index >= 15 is 0 Å². The quantitative estimate of drug-likeness (QED) is 0.705. The Morgan fingerprint density at radius 2 is 2.13 bits per heavy atom. The summed E-state index contributed by atoms with van der Waals surface area (Å²) in [5.74, 6) is 0.297. The summed E-state index contributed by atoms with van der Waals surface area (Å²) in [6.07, 6.45) is 5.17. The minimum absolute atomic E-state index is 0.0162. The molecule has 160 valence electrons. The highest BCUT2D eigenvalue weighted by Crippen LogP contribution is 2.20. The number of hydrogen-bond acceptors (Lipinski definition) is 6. The average molecular weight is 430 g/mol. The topological polar surface area (TPSA) is 72.0 Å². The maximum absolute atomic E-state index is 13.0. The van der Waals surface area contributed by atoms with E-state index in [-0.39, 0.29) is 24.5 Å². The molecule has 7 nitrogen and oxygen atoms in total. The number of hydrogen-bond donors (Lipinski definition) is 0. The third-order valence-corrected chi connectivity index (χ3v) is 6.29. The summed E-state index contributed by atoms with van der Waals surface area (Å²) in [6, 6.07) is 5.63. The van der Waals surface area contributed by atoms with Gasteiger partial charge in [0.15, 0.2) is 0 Å². The Balaban J connectivity index is 1.47. The molecule has 0 N–H and O–H groups in total. The minimum atomic E-state index is -0.251. The van der Waals surface area contributed by atoms with Crippen LogP contribution in [0.2, 0.25) is 0 Å². The Hall–Kier alpha value is -2.29. The fraction of sp³-hybridized carbons (Fsp3) is 0.500. The van der Waals surface area contributed by atoms with Crippen LogP contribution < -0.4 is 0 Å². The number of carbonyl (C=O) groups is 2. The minimum Gasteiger partial charge on any atom is -0.381 e. The van der Waals surface area contributed by atoms with Crippen molar-refractivity contribution in [2.45, 2.75) is 25.6 Å². The lowest BCUT2D eigenvalue weighted by atomic mass is 9.99. The third-order valence-electron chi connectivity index (χ3n) is 5.61. The zero-order valence-electron chi connectivity index (χ0n) is 16.9. The Kier molecular flexibility index (Phi) is 7.09. The standard InChI is InChI=1S/C22H27N3O4S/c26-21-14-25(22(27)19-5-9-30-16-19)13-20(29-15-18-2-1-6-23-10-18)12-24(21)11-17-3-7-28-8-4-17/h1-2,5-6,9-10,16-17,20H,3-4,7-8,11-15H2/t20-/m1/s1. The second-order valence-corrected chi connectivity index (χ2v) is 8.63. The van der Waals surface area contributed by atoms with E-state index in [0.717, 1.165) is 31.6 Å². The summed E-state index contributed by atoms with van der Waals surface area (Å²) in [5.41, 5.74) is 1.59. The van der Waals surface area contributed by atoms with Crippen molar-refractivity contribution in [2.24, 2.45) is 5.92 Å². The molecule has 4 rings (SSSR count). The Bertz CT molecular complexity index is 824. The maximum atomic E-state index is 13.0. The van der Waals surface area contributed by atoms with E-state index in [9.17, 15) is 9.59 Å². The van der Waals surface area contributed by atoms with E-state index < -0.39 is 0 Å². The lowest BCUT2D eigenvalue weighted by Crippen LogP contribution is -2.42. The van der Waals surface area contributed by atoms with E-state index in [4.69, 9.17) is 9.47 Å². The van der Waals surface area contributed by atoms with Gasteiger partial charge in [0.1, 0.15) is 6.54 Å². The van der Waals surface area contributed by atoms with Crippen LogP contribution in [-0.4, -0.2) is 72.1 Å². The molecule has 2 saturated heterocycles. The van der Waals surface area contributed by atoms with E-state index in [1.54, 1.807) is 23.4 Å². The van der Waals surface area contributed by atoms with Crippen molar-refractivity contribution < 1.29 is 19.1 Å². The molecule has 2 aromatic rings. The van der Waals surface area contributed by atoms with Gasteiger partial charge in [-0.15, -0.1) is 0 Å². The Morgan fingerprint density at radius 3 is 2.87 bits per heavy atom. The van der Waals surface area contributed by atoms with Crippen LogP contribution in [0.25, 0.3) is 0 Å². The molecule has 0 spiro atoms. The van der Waals surface area contributed by atoms with Crippen LogP contribution in [0.3, 0.4) is 0 Å². The van der Waals surface area contributed by atoms with Gasteiger partial charge in [0.25, 0.3) is 5.91 Å². The predicted molar refractivity (Wildman–Crippen MR) is 113 cm³/mol. The first-order chi connectivity index (χ1) is 14.7. The molecular formula is C22H27N3O4S. The number of rotatable bonds is 6. The molecule has 2 fully saturated rings. The third kappa shape index (κ3) is 5.44. The summed E-state index contributed by atoms with van der Waals surface area (Å²) >= 11 is 1.48. The van der Waals surface area contributed by atoms with Gasteiger partial charge in [0, 0.05) is 50.6 Å². The summed E-state index contributed by atoms with van der Waals surface area (Å²) < 4.78 is 11.6. The van der Waals surface area contributed by atoms with Crippen molar-refractivity contribution in [3.63, 3.8) is 0 Å². The second-order valence-electron chi connectivity index (χ2n) is 7.85. The van der Waals surface area contributed by atoms with E-state index in [2.05, 4.69) is 4.98 Å². The first-order valence-corrected chi connectivity index (χ1v) is 11.3. The number of ether oxygens (including phenoxy) is 2. The number of amides is 2. The highest BCUT2D eigenvalue weighted by molar-refractivity contribution is 7.08. The van der Waals surface area contributed by atoms with Gasteiger partial charge in [-0.2, -0.15) is 11.3 Å². The molecular weight excluding hydrogens is 402 g/mol. The van der Waals surface area contributed by atoms with Crippen molar-refractivity contribution in [1.82, 2.24) is 14.8 Å². The molecule has 0 aliphatic carbocycles. The average Bonchev–Trinajstić information content (AvgIpc) is 3.27. The van der Waals surface area contributed by atoms with Gasteiger partial charge in [0.05, 0.1) is 18.3 Å². The van der Waals surface area contributed by atoms with Crippen molar-refractivity contribution in [1.29, 1.82) is 0 Å². The number of carbonyl (C=O) groups excluding carboxylic acids is 2. The smallest absolute Gasteiger partial charge is 0.255 e. The monoisotopic (exact) mass is 429 g/mol. The van der Waals surface area contributed by atoms with Crippen LogP contribution in [0.5, 0.6) is 0 Å². The van der Waals surface area contributed by atoms with Crippen molar-refractivity contribution in [3.8, 4) is 0 Å². The molecule has 2 aliphatic heterocycles. The molecule has 4 heterocycles. The molecule has 1 atom stereocenters. The van der Waals surface area contributed by atoms with Crippen LogP contribution in [0, 0.1) is 5.92 Å². The maximum Gasteiger partial charge on any atom is 0.255 e. The van der Waals surface area contributed by atoms with Crippen molar-refractivity contribution in [2.75, 3.05) is 39.4 Å². The Morgan fingerprint density at radius 1 is 1.27 bits per heavy atom. The second kappa shape index (κ2) is 10.1. The van der Waals surface area contributed by atoms with Gasteiger partial charge >= 0.3 is 0 Å². The summed E-state index contributed by atoms with van der Waals surface area (Å²) in [6.45, 7) is 3.56. The molecule has 2 amide bonds. The number of nitrogens with zero attached hydrogens (tertiary/aromatic N) is 3. The first kappa shape index (κ1) is 21.0. The Labute approximate surface area is 180 Å². The normalized spacial score (nSPS) is 20.9. The van der Waals surface area contributed by atoms with Gasteiger partial charge in [-0.3, -0.25) is 14.6 Å². The number of thiophene rings is 1. The fourth-order valence-corrected chi connectivity index (χ4v) is 4.55. The van der Waals surface area contributed by atoms with Gasteiger partial charge in [0.2, 0.25) is 5.91 Å². The van der Waals surface area contributed by atoms with Gasteiger partial charge in [-0.05, 0) is 41.8 Å². The summed E-state index contributed by atoms with van der Waals surface area (Å²) in [7, 11) is 0. The first-order valence-electron chi connectivity index (χ1n) is 10.4. The molecule has 0 unspecified atom stereocenters. The lowest BCUT2D eigenvalue weighted by Gasteiger charge is -2.30. The highest BCUT2D eigenvalue weighted by atomic mass is 32.1. The molecule has 2 aromatic heterocycles. The zero-order valence-corrected chi connectivity index (χ0v) is 17.8. The van der Waals surface area contributed by atoms with E-state index in [1.165, 1.54) is 11.3 Å². The van der Waals surface area contributed by atoms with E-state index in [0.29, 0.717) is 37.7 Å². The van der Waals surface area contributed by atoms with Crippen molar-refractivity contribution in [3.05, 3.63) is 52.5 Å². The highest BCUT2D eigenvalue weighted by Gasteiger charge is 2.32. The van der Waals surface area contributed by atoms with Gasteiger partial charge in [-0.1, -0.05) is 6.07 Å². The van der Waals surface area contributed by atoms with Gasteiger partial charge < -0.3 is 19.3 Å². The van der Waals surface area contributed by atoms with Crippen LogP contribution in [-0.2, 0) is 20.9 Å². The van der Waals surface area contributed by atoms with Crippen LogP contribution in [0.15, 0.2) is 41.4 Å². The molecule has 0 radical (unpaired) electrons. The SMILES string of the molecule is O=C1CN(C(=O)c2ccsc2)C[C@H](OCc2cccnc2)CN1CC1CCOCC1. The molecule has 0 bridgehead atoms. The lowest BCUT2D eigenvalue weighted by molar-refractivity contribution is -0.132. The molecule has 0 saturated carbocycles. The molecule has 30 heavy (non-hydrogen) atoms. The predicted octanol–water partition coefficient (Wildman–Crippen LogP) is 2.44. The van der Waals surface area contributed by atoms with Crippen LogP contribution in [0.1, 0.15) is 28.8 Å². The number of aromatic nitrogens is 1. The molecule has 8 heteroatoms. The van der Waals surface area contributed by atoms with Crippen LogP contribution in [0.4, 0.5) is 0 Å². The zero-order chi connectivity index (χ0) is 20.8. The number of pyridine rings is 1. The molecule has 2 aliphatic rings. The summed E-state index contributed by atoms with van der Waals surface area (Å²) in [5, 5.41) is 3.70. The van der Waals surface area contributed by atoms with Crippen molar-refractivity contribution >= 4 is 23.2 Å². The van der Waals surface area contributed by atoms with Gasteiger partial charge in [-0.25, -0.2) is 0 Å².